The maximum absolute atomic E-state index is 12.6. The number of rotatable bonds is 7. The number of amides is 2. The van der Waals surface area contributed by atoms with Gasteiger partial charge in [0.25, 0.3) is 5.78 Å². The Kier molecular flexibility index (Phi) is 5.89. The highest BCUT2D eigenvalue weighted by molar-refractivity contribution is 5.95. The lowest BCUT2D eigenvalue weighted by Gasteiger charge is -2.19. The summed E-state index contributed by atoms with van der Waals surface area (Å²) in [6.45, 7) is 9.47. The number of aromatic nitrogens is 5. The zero-order valence-electron chi connectivity index (χ0n) is 18.8. The van der Waals surface area contributed by atoms with Gasteiger partial charge in [0.2, 0.25) is 11.8 Å². The van der Waals surface area contributed by atoms with Gasteiger partial charge in [-0.25, -0.2) is 9.50 Å². The van der Waals surface area contributed by atoms with E-state index in [1.807, 2.05) is 73.7 Å². The van der Waals surface area contributed by atoms with Gasteiger partial charge in [-0.1, -0.05) is 0 Å². The number of aryl methyl sites for hydroxylation is 2. The molecule has 3 aromatic heterocycles. The smallest absolute Gasteiger partial charge is 0.252 e. The van der Waals surface area contributed by atoms with E-state index < -0.39 is 0 Å². The minimum absolute atomic E-state index is 0.0548. The van der Waals surface area contributed by atoms with Crippen LogP contribution < -0.4 is 5.32 Å². The Balaban J connectivity index is 1.46. The van der Waals surface area contributed by atoms with Crippen LogP contribution in [-0.2, 0) is 22.6 Å². The molecule has 0 saturated carbocycles. The Bertz CT molecular complexity index is 1300. The molecule has 2 amide bonds. The lowest BCUT2D eigenvalue weighted by Crippen LogP contribution is -2.33. The molecule has 9 heteroatoms. The van der Waals surface area contributed by atoms with E-state index in [-0.39, 0.29) is 18.2 Å². The number of benzene rings is 1. The first-order valence-corrected chi connectivity index (χ1v) is 10.7. The van der Waals surface area contributed by atoms with Gasteiger partial charge < -0.3 is 14.8 Å². The molecular weight excluding hydrogens is 406 g/mol. The molecule has 0 fully saturated rings. The van der Waals surface area contributed by atoms with Gasteiger partial charge in [-0.2, -0.15) is 4.98 Å². The molecule has 9 nitrogen and oxygen atoms in total. The van der Waals surface area contributed by atoms with Crippen LogP contribution in [0.3, 0.4) is 0 Å². The third-order valence-corrected chi connectivity index (χ3v) is 5.46. The average molecular weight is 434 g/mol. The highest BCUT2D eigenvalue weighted by atomic mass is 16.2. The molecule has 0 atom stereocenters. The third-order valence-electron chi connectivity index (χ3n) is 5.46. The van der Waals surface area contributed by atoms with Gasteiger partial charge in [0.05, 0.1) is 6.42 Å². The van der Waals surface area contributed by atoms with Gasteiger partial charge in [0.1, 0.15) is 6.54 Å². The van der Waals surface area contributed by atoms with Crippen molar-refractivity contribution >= 4 is 34.2 Å². The molecule has 0 unspecified atom stereocenters. The molecule has 1 aromatic carbocycles. The molecule has 0 aliphatic heterocycles. The third kappa shape index (κ3) is 4.32. The highest BCUT2D eigenvalue weighted by Gasteiger charge is 2.14. The fraction of sp³-hybridized carbons (Fsp3) is 0.348. The molecule has 0 bridgehead atoms. The summed E-state index contributed by atoms with van der Waals surface area (Å²) >= 11 is 0. The Morgan fingerprint density at radius 3 is 2.59 bits per heavy atom. The van der Waals surface area contributed by atoms with Crippen molar-refractivity contribution in [3.8, 4) is 0 Å². The van der Waals surface area contributed by atoms with Crippen LogP contribution in [0, 0.1) is 13.8 Å². The number of hydrogen-bond acceptors (Lipinski definition) is 5. The summed E-state index contributed by atoms with van der Waals surface area (Å²) in [6, 6.07) is 9.52. The van der Waals surface area contributed by atoms with Crippen LogP contribution >= 0.6 is 0 Å². The van der Waals surface area contributed by atoms with Gasteiger partial charge in [-0.05, 0) is 58.0 Å². The molecule has 0 spiro atoms. The molecule has 3 heterocycles. The predicted octanol–water partition coefficient (Wildman–Crippen LogP) is 2.75. The van der Waals surface area contributed by atoms with Gasteiger partial charge in [-0.15, -0.1) is 5.10 Å². The fourth-order valence-corrected chi connectivity index (χ4v) is 3.87. The number of likely N-dealkylation sites (N-methyl/N-ethyl adjacent to an activating group) is 1. The van der Waals surface area contributed by atoms with Crippen LogP contribution in [0.4, 0.5) is 5.69 Å². The Morgan fingerprint density at radius 1 is 1.06 bits per heavy atom. The second kappa shape index (κ2) is 8.78. The van der Waals surface area contributed by atoms with E-state index in [0.29, 0.717) is 36.9 Å². The number of anilines is 1. The molecule has 4 rings (SSSR count). The number of carbonyl (C=O) groups excluding carboxylic acids is 2. The van der Waals surface area contributed by atoms with Crippen LogP contribution in [0.1, 0.15) is 31.1 Å². The van der Waals surface area contributed by atoms with E-state index in [9.17, 15) is 9.59 Å². The van der Waals surface area contributed by atoms with Crippen molar-refractivity contribution in [2.75, 3.05) is 18.4 Å². The number of nitrogens with one attached hydrogen (secondary N) is 1. The molecule has 4 aromatic rings. The quantitative estimate of drug-likeness (QED) is 0.483. The van der Waals surface area contributed by atoms with Crippen LogP contribution in [0.2, 0.25) is 0 Å². The summed E-state index contributed by atoms with van der Waals surface area (Å²) in [5.74, 6) is 0.800. The van der Waals surface area contributed by atoms with Crippen molar-refractivity contribution < 1.29 is 9.59 Å². The maximum atomic E-state index is 12.6. The van der Waals surface area contributed by atoms with Crippen LogP contribution in [0.5, 0.6) is 0 Å². The lowest BCUT2D eigenvalue weighted by molar-refractivity contribution is -0.131. The maximum Gasteiger partial charge on any atom is 0.252 e. The van der Waals surface area contributed by atoms with E-state index in [1.165, 1.54) is 0 Å². The minimum Gasteiger partial charge on any atom is -0.342 e. The molecule has 0 aliphatic carbocycles. The van der Waals surface area contributed by atoms with Crippen molar-refractivity contribution in [1.29, 1.82) is 0 Å². The summed E-state index contributed by atoms with van der Waals surface area (Å²) in [5, 5.41) is 8.25. The number of nitrogens with zero attached hydrogens (tertiary/aromatic N) is 6. The summed E-state index contributed by atoms with van der Waals surface area (Å²) in [5.41, 5.74) is 3.41. The SMILES string of the molecule is CCN(CC)C(=O)Cn1ccc2cc(NC(=O)Cc3nc4nc(C)cc(C)n4n3)ccc21. The van der Waals surface area contributed by atoms with Crippen molar-refractivity contribution in [2.45, 2.75) is 40.7 Å². The average Bonchev–Trinajstić information content (AvgIpc) is 3.32. The number of carbonyl (C=O) groups is 2. The van der Waals surface area contributed by atoms with Crippen molar-refractivity contribution in [3.05, 3.63) is 53.7 Å². The Morgan fingerprint density at radius 2 is 1.84 bits per heavy atom. The zero-order chi connectivity index (χ0) is 22.8. The first-order chi connectivity index (χ1) is 15.4. The molecule has 0 radical (unpaired) electrons. The number of hydrogen-bond donors (Lipinski definition) is 1. The van der Waals surface area contributed by atoms with E-state index >= 15 is 0 Å². The normalized spacial score (nSPS) is 11.2. The number of fused-ring (bicyclic) bond motifs is 2. The van der Waals surface area contributed by atoms with Crippen molar-refractivity contribution in [2.24, 2.45) is 0 Å². The lowest BCUT2D eigenvalue weighted by atomic mass is 10.2. The van der Waals surface area contributed by atoms with Gasteiger partial charge in [0.15, 0.2) is 5.82 Å². The molecule has 0 saturated heterocycles. The zero-order valence-corrected chi connectivity index (χ0v) is 18.8. The fourth-order valence-electron chi connectivity index (χ4n) is 3.87. The van der Waals surface area contributed by atoms with Crippen LogP contribution in [-0.4, -0.2) is 54.0 Å². The molecule has 0 aliphatic rings. The molecule has 32 heavy (non-hydrogen) atoms. The van der Waals surface area contributed by atoms with Gasteiger partial charge in [-0.3, -0.25) is 9.59 Å². The van der Waals surface area contributed by atoms with E-state index in [1.54, 1.807) is 4.52 Å². The van der Waals surface area contributed by atoms with Crippen LogP contribution in [0.25, 0.3) is 16.7 Å². The first kappa shape index (κ1) is 21.5. The summed E-state index contributed by atoms with van der Waals surface area (Å²) in [7, 11) is 0. The second-order valence-corrected chi connectivity index (χ2v) is 7.79. The second-order valence-electron chi connectivity index (χ2n) is 7.79. The Hall–Kier alpha value is -3.75. The van der Waals surface area contributed by atoms with Crippen molar-refractivity contribution in [3.63, 3.8) is 0 Å². The van der Waals surface area contributed by atoms with E-state index in [4.69, 9.17) is 0 Å². The van der Waals surface area contributed by atoms with E-state index in [0.717, 1.165) is 22.3 Å². The minimum atomic E-state index is -0.203. The van der Waals surface area contributed by atoms with Gasteiger partial charge >= 0.3 is 0 Å². The highest BCUT2D eigenvalue weighted by Crippen LogP contribution is 2.21. The predicted molar refractivity (Wildman–Crippen MR) is 122 cm³/mol. The molecule has 1 N–H and O–H groups in total. The summed E-state index contributed by atoms with van der Waals surface area (Å²) in [4.78, 5) is 35.5. The van der Waals surface area contributed by atoms with E-state index in [2.05, 4.69) is 20.4 Å². The topological polar surface area (TPSA) is 97.4 Å². The molecular formula is C23H27N7O2. The monoisotopic (exact) mass is 433 g/mol. The van der Waals surface area contributed by atoms with Gasteiger partial charge in [0, 0.05) is 47.3 Å². The van der Waals surface area contributed by atoms with Crippen molar-refractivity contribution in [1.82, 2.24) is 29.0 Å². The first-order valence-electron chi connectivity index (χ1n) is 10.7. The largest absolute Gasteiger partial charge is 0.342 e. The summed E-state index contributed by atoms with van der Waals surface area (Å²) < 4.78 is 3.57. The molecule has 166 valence electrons. The standard InChI is InChI=1S/C23H27N7O2/c1-5-28(6-2)22(32)14-29-10-9-17-12-18(7-8-19(17)29)25-21(31)13-20-26-23-24-15(3)11-16(4)30(23)27-20/h7-12H,5-6,13-14H2,1-4H3,(H,25,31). The Labute approximate surface area is 186 Å². The summed E-state index contributed by atoms with van der Waals surface area (Å²) in [6.07, 6.45) is 1.95. The van der Waals surface area contributed by atoms with Crippen LogP contribution in [0.15, 0.2) is 36.5 Å².